The van der Waals surface area contributed by atoms with Crippen molar-refractivity contribution in [2.75, 3.05) is 19.3 Å². The molecule has 13 nitrogen and oxygen atoms in total. The van der Waals surface area contributed by atoms with E-state index in [9.17, 15) is 10.1 Å². The van der Waals surface area contributed by atoms with Gasteiger partial charge in [-0.25, -0.2) is 19.3 Å². The molecule has 48 heavy (non-hydrogen) atoms. The molecule has 9 rings (SSSR count). The zero-order valence-electron chi connectivity index (χ0n) is 27.1. The maximum Gasteiger partial charge on any atom is 0.278 e. The molecule has 6 aromatic rings. The molecule has 7 heterocycles. The van der Waals surface area contributed by atoms with Crippen molar-refractivity contribution in [3.05, 3.63) is 62.3 Å². The Balaban J connectivity index is 1.26. The Morgan fingerprint density at radius 2 is 2.02 bits per heavy atom. The highest BCUT2D eigenvalue weighted by molar-refractivity contribution is 7.16. The topological polar surface area (TPSA) is 162 Å². The number of nitrogens with zero attached hydrogens (tertiary/aromatic N) is 10. The number of rotatable bonds is 4. The molecule has 0 radical (unpaired) electrons. The number of anilines is 1. The Morgan fingerprint density at radius 1 is 1.19 bits per heavy atom. The highest BCUT2D eigenvalue weighted by atomic mass is 32.1. The van der Waals surface area contributed by atoms with Crippen molar-refractivity contribution in [2.24, 2.45) is 7.05 Å². The van der Waals surface area contributed by atoms with Gasteiger partial charge in [-0.3, -0.25) is 4.79 Å². The molecule has 0 aromatic carbocycles. The summed E-state index contributed by atoms with van der Waals surface area (Å²) in [4.78, 5) is 26.8. The van der Waals surface area contributed by atoms with Crippen LogP contribution >= 0.6 is 11.3 Å². The monoisotopic (exact) mass is 661 g/mol. The minimum absolute atomic E-state index is 0.0539. The molecule has 1 fully saturated rings. The third kappa shape index (κ3) is 4.03. The van der Waals surface area contributed by atoms with Gasteiger partial charge in [0.15, 0.2) is 34.3 Å². The van der Waals surface area contributed by atoms with Gasteiger partial charge in [0, 0.05) is 41.3 Å². The van der Waals surface area contributed by atoms with Gasteiger partial charge < -0.3 is 19.7 Å². The molecule has 3 aliphatic rings. The molecule has 1 spiro atoms. The van der Waals surface area contributed by atoms with E-state index in [0.29, 0.717) is 45.1 Å². The molecule has 14 heteroatoms. The van der Waals surface area contributed by atoms with E-state index in [1.807, 2.05) is 16.9 Å². The first-order valence-electron chi connectivity index (χ1n) is 16.6. The van der Waals surface area contributed by atoms with E-state index in [-0.39, 0.29) is 11.6 Å². The zero-order chi connectivity index (χ0) is 32.9. The summed E-state index contributed by atoms with van der Waals surface area (Å²) in [5.74, 6) is 1.74. The number of aromatic nitrogens is 8. The second kappa shape index (κ2) is 10.6. The molecule has 0 unspecified atom stereocenters. The van der Waals surface area contributed by atoms with Crippen LogP contribution in [0.4, 0.5) is 5.00 Å². The van der Waals surface area contributed by atoms with Gasteiger partial charge in [-0.1, -0.05) is 5.16 Å². The summed E-state index contributed by atoms with van der Waals surface area (Å²) in [5, 5.41) is 26.4. The number of likely N-dealkylation sites (N-methyl/N-ethyl adjacent to an activating group) is 1. The Bertz CT molecular complexity index is 2370. The lowest BCUT2D eigenvalue weighted by molar-refractivity contribution is 0.232. The molecule has 2 N–H and O–H groups in total. The minimum Gasteiger partial charge on any atom is -0.389 e. The maximum atomic E-state index is 13.0. The van der Waals surface area contributed by atoms with Crippen molar-refractivity contribution < 1.29 is 4.52 Å². The number of likely N-dealkylation sites (tertiary alicyclic amines) is 1. The standard InChI is InChI=1S/C34H35N11O2S/c1-18(23-8-6-13-42(23)2)45-32-22(16-37-45)31(44-17-19-10-14-43(3)33(46)26(19)40-44)38-30(39-32)27-20-7-4-11-34(28(20)47-41-27)12-5-9-24-25(34)21(15-35)29(36)48-24/h10,14,16-18,23H,4-9,11-13,36H2,1-3H3/t18-,23-,34-/m0/s1. The predicted octanol–water partition coefficient (Wildman–Crippen LogP) is 4.65. The van der Waals surface area contributed by atoms with Crippen molar-refractivity contribution in [2.45, 2.75) is 75.8 Å². The fourth-order valence-electron chi connectivity index (χ4n) is 8.63. The molecule has 0 bridgehead atoms. The smallest absolute Gasteiger partial charge is 0.278 e. The number of nitrogen functional groups attached to an aromatic ring is 1. The van der Waals surface area contributed by atoms with Crippen LogP contribution in [0.3, 0.4) is 0 Å². The number of hydrogen-bond donors (Lipinski definition) is 1. The SMILES string of the molecule is C[C@@H]([C@@H]1CCCN1C)n1ncc2c(-n3cc4ccn(C)c(=O)c4n3)nc(-c3noc4c3CCC[C@@]43CCCc4sc(N)c(C#N)c43)nc21. The number of fused-ring (bicyclic) bond motifs is 6. The van der Waals surface area contributed by atoms with E-state index < -0.39 is 5.41 Å². The highest BCUT2D eigenvalue weighted by Gasteiger charge is 2.49. The Labute approximate surface area is 279 Å². The minimum atomic E-state index is -0.457. The molecule has 0 amide bonds. The second-order valence-electron chi connectivity index (χ2n) is 13.6. The number of pyridine rings is 1. The van der Waals surface area contributed by atoms with E-state index in [0.717, 1.165) is 85.6 Å². The molecule has 0 saturated carbocycles. The van der Waals surface area contributed by atoms with Crippen molar-refractivity contribution in [1.29, 1.82) is 5.26 Å². The summed E-state index contributed by atoms with van der Waals surface area (Å²) in [6, 6.07) is 4.65. The fourth-order valence-corrected chi connectivity index (χ4v) is 9.79. The van der Waals surface area contributed by atoms with Crippen LogP contribution in [0.15, 0.2) is 34.0 Å². The third-order valence-electron chi connectivity index (χ3n) is 11.0. The summed E-state index contributed by atoms with van der Waals surface area (Å²) in [7, 11) is 3.88. The van der Waals surface area contributed by atoms with Crippen LogP contribution in [0.2, 0.25) is 0 Å². The lowest BCUT2D eigenvalue weighted by atomic mass is 9.63. The fraction of sp³-hybridized carbons (Fsp3) is 0.441. The Kier molecular flexibility index (Phi) is 6.45. The number of nitriles is 1. The molecular weight excluding hydrogens is 627 g/mol. The van der Waals surface area contributed by atoms with Crippen LogP contribution in [0, 0.1) is 11.3 Å². The number of aryl methyl sites for hydroxylation is 2. The van der Waals surface area contributed by atoms with Crippen LogP contribution in [0.25, 0.3) is 39.3 Å². The van der Waals surface area contributed by atoms with Crippen molar-refractivity contribution >= 4 is 38.3 Å². The van der Waals surface area contributed by atoms with Gasteiger partial charge in [0.1, 0.15) is 11.1 Å². The number of thiophene rings is 1. The summed E-state index contributed by atoms with van der Waals surface area (Å²) < 4.78 is 11.5. The molecule has 6 aromatic heterocycles. The van der Waals surface area contributed by atoms with Gasteiger partial charge in [-0.2, -0.15) is 15.5 Å². The lowest BCUT2D eigenvalue weighted by Gasteiger charge is -2.39. The molecule has 1 saturated heterocycles. The quantitative estimate of drug-likeness (QED) is 0.281. The average Bonchev–Trinajstić information content (AvgIpc) is 3.91. The van der Waals surface area contributed by atoms with Crippen LogP contribution in [0.5, 0.6) is 0 Å². The predicted molar refractivity (Wildman–Crippen MR) is 181 cm³/mol. The average molecular weight is 662 g/mol. The van der Waals surface area contributed by atoms with E-state index >= 15 is 0 Å². The van der Waals surface area contributed by atoms with Crippen molar-refractivity contribution in [1.82, 2.24) is 44.2 Å². The maximum absolute atomic E-state index is 13.0. The van der Waals surface area contributed by atoms with Gasteiger partial charge in [-0.05, 0) is 83.5 Å². The van der Waals surface area contributed by atoms with Gasteiger partial charge in [0.2, 0.25) is 0 Å². The van der Waals surface area contributed by atoms with Gasteiger partial charge >= 0.3 is 0 Å². The first kappa shape index (κ1) is 29.3. The number of hydrogen-bond acceptors (Lipinski definition) is 11. The molecule has 3 atom stereocenters. The molecule has 244 valence electrons. The van der Waals surface area contributed by atoms with E-state index in [4.69, 9.17) is 30.4 Å². The Hall–Kier alpha value is -4.87. The summed E-state index contributed by atoms with van der Waals surface area (Å²) >= 11 is 1.53. The van der Waals surface area contributed by atoms with Crippen LogP contribution < -0.4 is 11.3 Å². The molecular formula is C34H35N11O2S. The van der Waals surface area contributed by atoms with Crippen LogP contribution in [-0.4, -0.2) is 63.8 Å². The summed E-state index contributed by atoms with van der Waals surface area (Å²) in [6.07, 6.45) is 12.9. The molecule has 2 aliphatic carbocycles. The first-order valence-corrected chi connectivity index (χ1v) is 17.4. The van der Waals surface area contributed by atoms with Gasteiger partial charge in [0.05, 0.1) is 28.6 Å². The van der Waals surface area contributed by atoms with Crippen molar-refractivity contribution in [3.8, 4) is 23.4 Å². The zero-order valence-corrected chi connectivity index (χ0v) is 27.9. The summed E-state index contributed by atoms with van der Waals surface area (Å²) in [6.45, 7) is 3.24. The summed E-state index contributed by atoms with van der Waals surface area (Å²) in [5.41, 5.74) is 9.94. The normalized spacial score (nSPS) is 21.6. The van der Waals surface area contributed by atoms with Crippen LogP contribution in [0.1, 0.15) is 78.8 Å². The second-order valence-corrected chi connectivity index (χ2v) is 14.8. The van der Waals surface area contributed by atoms with Crippen molar-refractivity contribution in [3.63, 3.8) is 0 Å². The van der Waals surface area contributed by atoms with Gasteiger partial charge in [0.25, 0.3) is 5.56 Å². The Morgan fingerprint density at radius 3 is 2.81 bits per heavy atom. The van der Waals surface area contributed by atoms with E-state index in [2.05, 4.69) is 30.1 Å². The van der Waals surface area contributed by atoms with Gasteiger partial charge in [-0.15, -0.1) is 11.3 Å². The lowest BCUT2D eigenvalue weighted by Crippen LogP contribution is -2.35. The van der Waals surface area contributed by atoms with E-state index in [1.54, 1.807) is 24.1 Å². The number of nitrogens with two attached hydrogens (primary N) is 1. The van der Waals surface area contributed by atoms with E-state index in [1.165, 1.54) is 20.8 Å². The third-order valence-corrected chi connectivity index (χ3v) is 12.1. The molecule has 1 aliphatic heterocycles. The largest absolute Gasteiger partial charge is 0.389 e. The first-order chi connectivity index (χ1) is 23.3. The highest BCUT2D eigenvalue weighted by Crippen LogP contribution is 2.55. The van der Waals surface area contributed by atoms with Crippen LogP contribution in [-0.2, 0) is 25.3 Å².